The second-order valence-electron chi connectivity index (χ2n) is 10.8. The molecule has 40 heavy (non-hydrogen) atoms. The molecule has 1 saturated heterocycles. The second-order valence-corrected chi connectivity index (χ2v) is 10.8. The highest BCUT2D eigenvalue weighted by Crippen LogP contribution is 2.36. The van der Waals surface area contributed by atoms with E-state index in [9.17, 15) is 9.59 Å². The van der Waals surface area contributed by atoms with Crippen LogP contribution in [0.15, 0.2) is 58.1 Å². The van der Waals surface area contributed by atoms with Crippen LogP contribution in [0.4, 0.5) is 5.95 Å². The van der Waals surface area contributed by atoms with Crippen molar-refractivity contribution in [3.63, 3.8) is 0 Å². The van der Waals surface area contributed by atoms with Crippen molar-refractivity contribution in [1.82, 2.24) is 23.7 Å². The maximum absolute atomic E-state index is 14.3. The lowest BCUT2D eigenvalue weighted by Crippen LogP contribution is -2.44. The summed E-state index contributed by atoms with van der Waals surface area (Å²) in [6.45, 7) is 3.61. The van der Waals surface area contributed by atoms with Gasteiger partial charge in [0.25, 0.3) is 5.56 Å². The molecule has 0 spiro atoms. The minimum absolute atomic E-state index is 0.0280. The van der Waals surface area contributed by atoms with E-state index in [2.05, 4.69) is 22.8 Å². The fraction of sp³-hybridized carbons (Fsp3) is 0.355. The number of imidazole rings is 1. The van der Waals surface area contributed by atoms with Crippen LogP contribution in [0.3, 0.4) is 0 Å². The van der Waals surface area contributed by atoms with Crippen LogP contribution in [0.2, 0.25) is 0 Å². The highest BCUT2D eigenvalue weighted by Gasteiger charge is 2.33. The molecule has 1 atom stereocenters. The lowest BCUT2D eigenvalue weighted by Gasteiger charge is -2.31. The average Bonchev–Trinajstić information content (AvgIpc) is 3.73. The number of rotatable bonds is 5. The smallest absolute Gasteiger partial charge is 0.333 e. The minimum Gasteiger partial charge on any atom is -0.341 e. The van der Waals surface area contributed by atoms with Gasteiger partial charge in [-0.3, -0.25) is 23.5 Å². The number of benzene rings is 2. The SMILES string of the molecule is CC#CCn1c(N2CCCC(N)C2)nc2c1c(=O)n(Cc1nc3ccccc3c3ccccc13)c(=O)n2C1CC1. The standard InChI is InChI=1S/C31H31N7O2/c1-2-3-17-36-27-28(34-30(36)35-16-8-9-20(32)18-35)38(21-14-15-21)31(40)37(29(27)39)19-26-24-12-5-4-10-22(24)23-11-6-7-13-25(23)33-26/h4-7,10-13,20-21H,8-9,14-19,32H2,1H3. The van der Waals surface area contributed by atoms with Crippen LogP contribution < -0.4 is 21.9 Å². The van der Waals surface area contributed by atoms with Crippen LogP contribution in [-0.4, -0.2) is 42.8 Å². The first-order chi connectivity index (χ1) is 19.5. The van der Waals surface area contributed by atoms with Crippen LogP contribution in [0.25, 0.3) is 32.8 Å². The lowest BCUT2D eigenvalue weighted by molar-refractivity contribution is 0.496. The zero-order valence-electron chi connectivity index (χ0n) is 22.5. The molecule has 4 heterocycles. The monoisotopic (exact) mass is 533 g/mol. The Bertz CT molecular complexity index is 1970. The van der Waals surface area contributed by atoms with E-state index in [1.165, 1.54) is 4.57 Å². The van der Waals surface area contributed by atoms with Crippen LogP contribution in [-0.2, 0) is 13.1 Å². The average molecular weight is 534 g/mol. The topological polar surface area (TPSA) is 104 Å². The van der Waals surface area contributed by atoms with E-state index in [1.807, 2.05) is 47.0 Å². The van der Waals surface area contributed by atoms with Gasteiger partial charge in [-0.2, -0.15) is 4.98 Å². The molecule has 7 rings (SSSR count). The molecule has 5 aromatic rings. The Morgan fingerprint density at radius 1 is 0.950 bits per heavy atom. The first kappa shape index (κ1) is 24.6. The van der Waals surface area contributed by atoms with E-state index in [4.69, 9.17) is 15.7 Å². The van der Waals surface area contributed by atoms with Gasteiger partial charge in [0.05, 0.1) is 24.3 Å². The predicted octanol–water partition coefficient (Wildman–Crippen LogP) is 3.40. The third-order valence-corrected chi connectivity index (χ3v) is 8.10. The molecule has 2 fully saturated rings. The number of anilines is 1. The Morgan fingerprint density at radius 2 is 1.70 bits per heavy atom. The summed E-state index contributed by atoms with van der Waals surface area (Å²) in [6, 6.07) is 16.1. The van der Waals surface area contributed by atoms with E-state index in [1.54, 1.807) is 11.5 Å². The number of fused-ring (bicyclic) bond motifs is 4. The maximum Gasteiger partial charge on any atom is 0.333 e. The molecule has 2 N–H and O–H groups in total. The molecule has 9 nitrogen and oxygen atoms in total. The fourth-order valence-corrected chi connectivity index (χ4v) is 6.03. The summed E-state index contributed by atoms with van der Waals surface area (Å²) >= 11 is 0. The van der Waals surface area contributed by atoms with Gasteiger partial charge in [-0.15, -0.1) is 5.92 Å². The van der Waals surface area contributed by atoms with Crippen molar-refractivity contribution in [2.45, 2.75) is 57.8 Å². The van der Waals surface area contributed by atoms with Gasteiger partial charge in [-0.1, -0.05) is 48.4 Å². The van der Waals surface area contributed by atoms with Crippen LogP contribution in [0, 0.1) is 11.8 Å². The summed E-state index contributed by atoms with van der Waals surface area (Å²) in [6.07, 6.45) is 3.67. The second kappa shape index (κ2) is 9.65. The van der Waals surface area contributed by atoms with E-state index in [0.29, 0.717) is 35.9 Å². The molecule has 0 radical (unpaired) electrons. The molecule has 2 aromatic carbocycles. The third-order valence-electron chi connectivity index (χ3n) is 8.10. The van der Waals surface area contributed by atoms with Gasteiger partial charge in [-0.05, 0) is 44.1 Å². The van der Waals surface area contributed by atoms with Crippen molar-refractivity contribution in [2.24, 2.45) is 5.73 Å². The van der Waals surface area contributed by atoms with Gasteiger partial charge in [0, 0.05) is 35.9 Å². The van der Waals surface area contributed by atoms with Gasteiger partial charge in [-0.25, -0.2) is 4.79 Å². The summed E-state index contributed by atoms with van der Waals surface area (Å²) < 4.78 is 4.95. The maximum atomic E-state index is 14.3. The summed E-state index contributed by atoms with van der Waals surface area (Å²) in [5, 5.41) is 3.02. The van der Waals surface area contributed by atoms with Gasteiger partial charge in [0.2, 0.25) is 5.95 Å². The van der Waals surface area contributed by atoms with Crippen molar-refractivity contribution in [3.8, 4) is 11.8 Å². The Balaban J connectivity index is 1.48. The molecule has 1 unspecified atom stereocenters. The number of nitrogens with two attached hydrogens (primary N) is 1. The molecule has 1 saturated carbocycles. The highest BCUT2D eigenvalue weighted by atomic mass is 16.2. The molecule has 202 valence electrons. The normalized spacial score (nSPS) is 17.4. The zero-order chi connectivity index (χ0) is 27.4. The number of hydrogen-bond donors (Lipinski definition) is 1. The lowest BCUT2D eigenvalue weighted by atomic mass is 10.0. The molecule has 1 aliphatic carbocycles. The summed E-state index contributed by atoms with van der Waals surface area (Å²) in [5.74, 6) is 6.73. The number of pyridine rings is 1. The Labute approximate surface area is 230 Å². The first-order valence-corrected chi connectivity index (χ1v) is 14.0. The number of aromatic nitrogens is 5. The quantitative estimate of drug-likeness (QED) is 0.274. The van der Waals surface area contributed by atoms with Gasteiger partial charge in [0.1, 0.15) is 0 Å². The number of para-hydroxylation sites is 1. The van der Waals surface area contributed by atoms with Gasteiger partial charge >= 0.3 is 5.69 Å². The summed E-state index contributed by atoms with van der Waals surface area (Å²) in [7, 11) is 0. The number of nitrogens with zero attached hydrogens (tertiary/aromatic N) is 6. The summed E-state index contributed by atoms with van der Waals surface area (Å²) in [5.41, 5.74) is 7.98. The summed E-state index contributed by atoms with van der Waals surface area (Å²) in [4.78, 5) is 40.3. The minimum atomic E-state index is -0.367. The van der Waals surface area contributed by atoms with E-state index < -0.39 is 0 Å². The van der Waals surface area contributed by atoms with Gasteiger partial charge in [0.15, 0.2) is 11.2 Å². The van der Waals surface area contributed by atoms with Crippen molar-refractivity contribution in [1.29, 1.82) is 0 Å². The molecule has 0 amide bonds. The molecule has 2 aliphatic rings. The van der Waals surface area contributed by atoms with Crippen molar-refractivity contribution < 1.29 is 0 Å². The molecule has 9 heteroatoms. The number of hydrogen-bond acceptors (Lipinski definition) is 6. The molecule has 0 bridgehead atoms. The predicted molar refractivity (Wildman–Crippen MR) is 158 cm³/mol. The van der Waals surface area contributed by atoms with Crippen molar-refractivity contribution >= 4 is 38.8 Å². The molecule has 1 aliphatic heterocycles. The Hall–Kier alpha value is -4.42. The van der Waals surface area contributed by atoms with E-state index in [-0.39, 0.29) is 29.9 Å². The van der Waals surface area contributed by atoms with E-state index >= 15 is 0 Å². The van der Waals surface area contributed by atoms with E-state index in [0.717, 1.165) is 53.9 Å². The molecule has 3 aromatic heterocycles. The Kier molecular flexibility index (Phi) is 5.93. The molecular weight excluding hydrogens is 502 g/mol. The van der Waals surface area contributed by atoms with Crippen molar-refractivity contribution in [2.75, 3.05) is 18.0 Å². The zero-order valence-corrected chi connectivity index (χ0v) is 22.5. The van der Waals surface area contributed by atoms with Crippen LogP contribution >= 0.6 is 0 Å². The van der Waals surface area contributed by atoms with Crippen LogP contribution in [0.5, 0.6) is 0 Å². The largest absolute Gasteiger partial charge is 0.341 e. The fourth-order valence-electron chi connectivity index (χ4n) is 6.03. The van der Waals surface area contributed by atoms with Crippen molar-refractivity contribution in [3.05, 3.63) is 75.1 Å². The Morgan fingerprint density at radius 3 is 2.45 bits per heavy atom. The number of piperidine rings is 1. The highest BCUT2D eigenvalue weighted by molar-refractivity contribution is 6.06. The molecular formula is C31H31N7O2. The van der Waals surface area contributed by atoms with Gasteiger partial charge < -0.3 is 10.6 Å². The van der Waals surface area contributed by atoms with Crippen LogP contribution in [0.1, 0.15) is 44.3 Å². The third kappa shape index (κ3) is 3.98. The first-order valence-electron chi connectivity index (χ1n) is 14.0.